The van der Waals surface area contributed by atoms with E-state index in [0.29, 0.717) is 22.1 Å². The van der Waals surface area contributed by atoms with E-state index in [4.69, 9.17) is 0 Å². The van der Waals surface area contributed by atoms with Crippen molar-refractivity contribution in [3.05, 3.63) is 42.4 Å². The molecule has 1 aromatic carbocycles. The van der Waals surface area contributed by atoms with Gasteiger partial charge in [0.05, 0.1) is 23.1 Å². The number of anilines is 1. The maximum Gasteiger partial charge on any atom is 0.263 e. The van der Waals surface area contributed by atoms with Crippen molar-refractivity contribution in [2.45, 2.75) is 11.8 Å². The predicted molar refractivity (Wildman–Crippen MR) is 90.1 cm³/mol. The fourth-order valence-corrected chi connectivity index (χ4v) is 3.75. The van der Waals surface area contributed by atoms with Gasteiger partial charge in [-0.25, -0.2) is 13.4 Å². The molecule has 3 heterocycles. The number of H-pyrrole nitrogens is 1. The maximum absolute atomic E-state index is 12.7. The number of rotatable bonds is 3. The summed E-state index contributed by atoms with van der Waals surface area (Å²) in [4.78, 5) is 4.31. The number of hydrogen-bond donors (Lipinski definition) is 2. The Kier molecular flexibility index (Phi) is 3.07. The van der Waals surface area contributed by atoms with Crippen LogP contribution >= 0.6 is 0 Å². The highest BCUT2D eigenvalue weighted by atomic mass is 32.2. The molecule has 0 aliphatic rings. The Hall–Kier alpha value is -2.94. The Labute approximate surface area is 137 Å². The SMILES string of the molecule is Cc1nn(C)c2ncc(S(=O)(=O)Nc3cccc4[nH]ncc34)cc12. The summed E-state index contributed by atoms with van der Waals surface area (Å²) in [6.07, 6.45) is 2.92. The molecule has 0 saturated heterocycles. The van der Waals surface area contributed by atoms with Gasteiger partial charge in [0, 0.05) is 24.0 Å². The third-order valence-electron chi connectivity index (χ3n) is 3.88. The Morgan fingerprint density at radius 2 is 2.04 bits per heavy atom. The van der Waals surface area contributed by atoms with Gasteiger partial charge in [-0.1, -0.05) is 6.07 Å². The first-order valence-corrected chi connectivity index (χ1v) is 8.68. The summed E-state index contributed by atoms with van der Waals surface area (Å²) in [6.45, 7) is 1.82. The zero-order valence-corrected chi connectivity index (χ0v) is 13.8. The molecule has 0 amide bonds. The lowest BCUT2D eigenvalue weighted by Gasteiger charge is -2.09. The van der Waals surface area contributed by atoms with E-state index in [1.807, 2.05) is 13.0 Å². The van der Waals surface area contributed by atoms with Crippen LogP contribution in [0.2, 0.25) is 0 Å². The lowest BCUT2D eigenvalue weighted by Crippen LogP contribution is -2.13. The standard InChI is InChI=1S/C15H14N6O2S/c1-9-11-6-10(7-16-15(11)21(2)19-9)24(22,23)20-14-5-3-4-13-12(14)8-17-18-13/h3-8,20H,1-2H3,(H,17,18). The largest absolute Gasteiger partial charge is 0.279 e. The molecule has 0 fully saturated rings. The van der Waals surface area contributed by atoms with Crippen molar-refractivity contribution >= 4 is 37.6 Å². The molecule has 9 heteroatoms. The number of aromatic nitrogens is 5. The topological polar surface area (TPSA) is 106 Å². The first-order valence-electron chi connectivity index (χ1n) is 7.20. The van der Waals surface area contributed by atoms with Crippen LogP contribution in [0.25, 0.3) is 21.9 Å². The van der Waals surface area contributed by atoms with Crippen molar-refractivity contribution in [2.75, 3.05) is 4.72 Å². The number of pyridine rings is 1. The van der Waals surface area contributed by atoms with Crippen LogP contribution in [0.15, 0.2) is 41.6 Å². The van der Waals surface area contributed by atoms with E-state index in [2.05, 4.69) is 25.0 Å². The molecule has 0 bridgehead atoms. The normalized spacial score (nSPS) is 12.1. The van der Waals surface area contributed by atoms with Crippen LogP contribution in [0.3, 0.4) is 0 Å². The number of sulfonamides is 1. The van der Waals surface area contributed by atoms with Crippen molar-refractivity contribution in [3.63, 3.8) is 0 Å². The van der Waals surface area contributed by atoms with Crippen molar-refractivity contribution < 1.29 is 8.42 Å². The van der Waals surface area contributed by atoms with E-state index in [0.717, 1.165) is 11.2 Å². The van der Waals surface area contributed by atoms with E-state index in [-0.39, 0.29) is 4.90 Å². The van der Waals surface area contributed by atoms with Crippen molar-refractivity contribution in [2.24, 2.45) is 7.05 Å². The minimum Gasteiger partial charge on any atom is -0.279 e. The Morgan fingerprint density at radius 1 is 1.21 bits per heavy atom. The predicted octanol–water partition coefficient (Wildman–Crippen LogP) is 1.95. The summed E-state index contributed by atoms with van der Waals surface area (Å²) in [7, 11) is -2.00. The van der Waals surface area contributed by atoms with Crippen LogP contribution in [0.1, 0.15) is 5.69 Å². The third kappa shape index (κ3) is 2.21. The second kappa shape index (κ2) is 5.03. The number of aryl methyl sites for hydroxylation is 2. The molecule has 24 heavy (non-hydrogen) atoms. The van der Waals surface area contributed by atoms with E-state index >= 15 is 0 Å². The fraction of sp³-hybridized carbons (Fsp3) is 0.133. The number of nitrogens with zero attached hydrogens (tertiary/aromatic N) is 4. The van der Waals surface area contributed by atoms with Crippen LogP contribution in [0, 0.1) is 6.92 Å². The zero-order valence-electron chi connectivity index (χ0n) is 13.0. The van der Waals surface area contributed by atoms with Crippen LogP contribution in [-0.4, -0.2) is 33.4 Å². The summed E-state index contributed by atoms with van der Waals surface area (Å²) in [5.41, 5.74) is 2.59. The summed E-state index contributed by atoms with van der Waals surface area (Å²) >= 11 is 0. The number of fused-ring (bicyclic) bond motifs is 2. The molecular formula is C15H14N6O2S. The van der Waals surface area contributed by atoms with Gasteiger partial charge in [-0.2, -0.15) is 10.2 Å². The van der Waals surface area contributed by atoms with Gasteiger partial charge < -0.3 is 0 Å². The second-order valence-electron chi connectivity index (χ2n) is 5.49. The minimum atomic E-state index is -3.77. The molecule has 122 valence electrons. The zero-order chi connectivity index (χ0) is 16.9. The van der Waals surface area contributed by atoms with E-state index in [1.54, 1.807) is 36.1 Å². The molecule has 0 aliphatic heterocycles. The summed E-state index contributed by atoms with van der Waals surface area (Å²) in [5, 5.41) is 12.4. The van der Waals surface area contributed by atoms with E-state index in [1.165, 1.54) is 6.20 Å². The molecule has 4 aromatic rings. The quantitative estimate of drug-likeness (QED) is 0.592. The molecule has 0 saturated carbocycles. The van der Waals surface area contributed by atoms with Crippen molar-refractivity contribution in [1.82, 2.24) is 25.0 Å². The smallest absolute Gasteiger partial charge is 0.263 e. The summed E-state index contributed by atoms with van der Waals surface area (Å²) in [6, 6.07) is 6.86. The number of aromatic amines is 1. The molecule has 4 rings (SSSR count). The highest BCUT2D eigenvalue weighted by Crippen LogP contribution is 2.25. The monoisotopic (exact) mass is 342 g/mol. The molecule has 0 spiro atoms. The Morgan fingerprint density at radius 3 is 2.88 bits per heavy atom. The van der Waals surface area contributed by atoms with Crippen LogP contribution < -0.4 is 4.72 Å². The molecule has 0 radical (unpaired) electrons. The lowest BCUT2D eigenvalue weighted by atomic mass is 10.2. The van der Waals surface area contributed by atoms with Gasteiger partial charge in [0.15, 0.2) is 5.65 Å². The fourth-order valence-electron chi connectivity index (χ4n) is 2.70. The van der Waals surface area contributed by atoms with Gasteiger partial charge >= 0.3 is 0 Å². The molecule has 0 aliphatic carbocycles. The van der Waals surface area contributed by atoms with Crippen molar-refractivity contribution in [1.29, 1.82) is 0 Å². The first-order chi connectivity index (χ1) is 11.5. The van der Waals surface area contributed by atoms with Gasteiger partial charge in [0.25, 0.3) is 10.0 Å². The molecule has 8 nitrogen and oxygen atoms in total. The highest BCUT2D eigenvalue weighted by molar-refractivity contribution is 7.92. The van der Waals surface area contributed by atoms with Crippen LogP contribution in [-0.2, 0) is 17.1 Å². The van der Waals surface area contributed by atoms with E-state index < -0.39 is 10.0 Å². The van der Waals surface area contributed by atoms with Crippen LogP contribution in [0.4, 0.5) is 5.69 Å². The van der Waals surface area contributed by atoms with Gasteiger partial charge in [-0.15, -0.1) is 0 Å². The van der Waals surface area contributed by atoms with Gasteiger partial charge in [-0.3, -0.25) is 14.5 Å². The number of nitrogens with one attached hydrogen (secondary N) is 2. The van der Waals surface area contributed by atoms with Gasteiger partial charge in [0.1, 0.15) is 4.90 Å². The Balaban J connectivity index is 1.80. The number of hydrogen-bond acceptors (Lipinski definition) is 5. The minimum absolute atomic E-state index is 0.0894. The third-order valence-corrected chi connectivity index (χ3v) is 5.21. The van der Waals surface area contributed by atoms with E-state index in [9.17, 15) is 8.42 Å². The summed E-state index contributed by atoms with van der Waals surface area (Å²) < 4.78 is 29.7. The molecule has 0 atom stereocenters. The van der Waals surface area contributed by atoms with Gasteiger partial charge in [-0.05, 0) is 25.1 Å². The summed E-state index contributed by atoms with van der Waals surface area (Å²) in [5.74, 6) is 0. The lowest BCUT2D eigenvalue weighted by molar-refractivity contribution is 0.601. The average molecular weight is 342 g/mol. The molecule has 0 unspecified atom stereocenters. The average Bonchev–Trinajstić information content (AvgIpc) is 3.13. The molecule has 2 N–H and O–H groups in total. The molecular weight excluding hydrogens is 328 g/mol. The first kappa shape index (κ1) is 14.6. The highest BCUT2D eigenvalue weighted by Gasteiger charge is 2.19. The van der Waals surface area contributed by atoms with Crippen LogP contribution in [0.5, 0.6) is 0 Å². The second-order valence-corrected chi connectivity index (χ2v) is 7.18. The van der Waals surface area contributed by atoms with Gasteiger partial charge in [0.2, 0.25) is 0 Å². The Bertz CT molecular complexity index is 1180. The number of benzene rings is 1. The maximum atomic E-state index is 12.7. The molecule has 3 aromatic heterocycles. The van der Waals surface area contributed by atoms with Crippen molar-refractivity contribution in [3.8, 4) is 0 Å².